The average molecular weight is 521 g/mol. The van der Waals surface area contributed by atoms with E-state index in [-0.39, 0.29) is 28.9 Å². The number of amides is 1. The lowest BCUT2D eigenvalue weighted by atomic mass is 10.1. The Morgan fingerprint density at radius 1 is 1.14 bits per heavy atom. The summed E-state index contributed by atoms with van der Waals surface area (Å²) in [5, 5.41) is 3.60. The number of fused-ring (bicyclic) bond motifs is 2. The molecule has 2 aromatic heterocycles. The predicted molar refractivity (Wildman–Crippen MR) is 139 cm³/mol. The molecule has 1 unspecified atom stereocenters. The summed E-state index contributed by atoms with van der Waals surface area (Å²) in [6.45, 7) is 0.828. The molecule has 0 saturated carbocycles. The Morgan fingerprint density at radius 2 is 1.95 bits per heavy atom. The Kier molecular flexibility index (Phi) is 5.45. The Morgan fingerprint density at radius 3 is 2.76 bits per heavy atom. The summed E-state index contributed by atoms with van der Waals surface area (Å²) >= 11 is 6.40. The molecule has 37 heavy (non-hydrogen) atoms. The van der Waals surface area contributed by atoms with Gasteiger partial charge in [0.05, 0.1) is 34.3 Å². The molecule has 2 aliphatic heterocycles. The van der Waals surface area contributed by atoms with Crippen molar-refractivity contribution in [2.24, 2.45) is 0 Å². The molecule has 1 saturated heterocycles. The second-order valence-corrected chi connectivity index (χ2v) is 9.45. The van der Waals surface area contributed by atoms with Crippen molar-refractivity contribution in [1.29, 1.82) is 0 Å². The molecule has 4 aromatic rings. The van der Waals surface area contributed by atoms with Crippen LogP contribution in [0.1, 0.15) is 35.1 Å². The minimum Gasteiger partial charge on any atom is -0.368 e. The maximum Gasteiger partial charge on any atom is 0.267 e. The number of aromatic nitrogens is 4. The summed E-state index contributed by atoms with van der Waals surface area (Å²) in [6, 6.07) is 10.4. The summed E-state index contributed by atoms with van der Waals surface area (Å²) in [7, 11) is 1.68. The van der Waals surface area contributed by atoms with Gasteiger partial charge in [0, 0.05) is 13.6 Å². The minimum atomic E-state index is -0.491. The number of benzene rings is 2. The second kappa shape index (κ2) is 8.70. The highest BCUT2D eigenvalue weighted by Gasteiger charge is 2.37. The van der Waals surface area contributed by atoms with Gasteiger partial charge in [-0.2, -0.15) is 9.97 Å². The van der Waals surface area contributed by atoms with Crippen LogP contribution in [0.4, 0.5) is 22.0 Å². The molecule has 10 nitrogen and oxygen atoms in total. The normalized spacial score (nSPS) is 17.3. The number of rotatable bonds is 3. The summed E-state index contributed by atoms with van der Waals surface area (Å²) in [6.07, 6.45) is 1.36. The number of hydrogen-bond acceptors (Lipinski definition) is 8. The summed E-state index contributed by atoms with van der Waals surface area (Å²) in [5.74, 6) is 0.395. The highest BCUT2D eigenvalue weighted by atomic mass is 35.5. The van der Waals surface area contributed by atoms with Crippen LogP contribution >= 0.6 is 11.6 Å². The van der Waals surface area contributed by atoms with E-state index in [4.69, 9.17) is 22.3 Å². The van der Waals surface area contributed by atoms with Crippen molar-refractivity contribution in [3.63, 3.8) is 0 Å². The third kappa shape index (κ3) is 3.73. The van der Waals surface area contributed by atoms with Gasteiger partial charge in [-0.1, -0.05) is 23.7 Å². The van der Waals surface area contributed by atoms with Crippen molar-refractivity contribution in [3.05, 3.63) is 75.0 Å². The van der Waals surface area contributed by atoms with Gasteiger partial charge in [0.1, 0.15) is 28.8 Å². The molecule has 0 spiro atoms. The predicted octanol–water partition coefficient (Wildman–Crippen LogP) is 3.35. The summed E-state index contributed by atoms with van der Waals surface area (Å²) < 4.78 is 15.7. The average Bonchev–Trinajstić information content (AvgIpc) is 3.35. The third-order valence-electron chi connectivity index (χ3n) is 6.71. The van der Waals surface area contributed by atoms with Gasteiger partial charge in [0.15, 0.2) is 0 Å². The zero-order chi connectivity index (χ0) is 25.8. The Bertz CT molecular complexity index is 1640. The highest BCUT2D eigenvalue weighted by molar-refractivity contribution is 6.35. The van der Waals surface area contributed by atoms with Gasteiger partial charge in [-0.15, -0.1) is 0 Å². The first-order chi connectivity index (χ1) is 17.8. The number of nitrogens with zero attached hydrogens (tertiary/aromatic N) is 6. The number of hydrogen-bond donors (Lipinski definition) is 2. The van der Waals surface area contributed by atoms with E-state index in [1.54, 1.807) is 31.3 Å². The summed E-state index contributed by atoms with van der Waals surface area (Å²) in [4.78, 5) is 44.0. The van der Waals surface area contributed by atoms with Crippen molar-refractivity contribution in [2.45, 2.75) is 18.9 Å². The van der Waals surface area contributed by atoms with E-state index in [9.17, 15) is 14.0 Å². The van der Waals surface area contributed by atoms with Gasteiger partial charge in [-0.05, 0) is 43.2 Å². The molecule has 2 aliphatic rings. The lowest BCUT2D eigenvalue weighted by Crippen LogP contribution is -2.40. The van der Waals surface area contributed by atoms with Gasteiger partial charge in [-0.3, -0.25) is 14.2 Å². The fourth-order valence-electron chi connectivity index (χ4n) is 5.04. The smallest absolute Gasteiger partial charge is 0.267 e. The SMILES string of the molecule is CN1CNc2nc(N)nc(N3CCCC3c3nc4cccc(Cl)c4c(=O)n3-c3cccc(F)c3)c2C1=O. The molecular formula is C25H22ClFN8O2. The maximum atomic E-state index is 14.3. The standard InChI is InChI=1S/C25H22ClFN8O2/c1-33-12-29-20-19(23(33)36)22(32-25(28)31-20)34-10-4-9-17(34)21-30-16-8-3-7-15(26)18(16)24(37)35(21)14-6-2-5-13(27)11-14/h2-3,5-8,11,17H,4,9-10,12H2,1H3,(H3,28,29,31,32). The van der Waals surface area contributed by atoms with E-state index in [0.29, 0.717) is 47.2 Å². The number of nitrogens with two attached hydrogens (primary N) is 1. The molecule has 1 fully saturated rings. The number of anilines is 3. The van der Waals surface area contributed by atoms with Gasteiger partial charge >= 0.3 is 0 Å². The van der Waals surface area contributed by atoms with Crippen LogP contribution in [-0.2, 0) is 0 Å². The van der Waals surface area contributed by atoms with Crippen LogP contribution in [0.15, 0.2) is 47.3 Å². The van der Waals surface area contributed by atoms with Gasteiger partial charge in [0.25, 0.3) is 11.5 Å². The van der Waals surface area contributed by atoms with E-state index in [0.717, 1.165) is 6.42 Å². The zero-order valence-corrected chi connectivity index (χ0v) is 20.5. The Labute approximate surface area is 215 Å². The van der Waals surface area contributed by atoms with Crippen molar-refractivity contribution >= 4 is 46.0 Å². The molecule has 12 heteroatoms. The quantitative estimate of drug-likeness (QED) is 0.422. The van der Waals surface area contributed by atoms with E-state index in [1.807, 2.05) is 4.90 Å². The summed E-state index contributed by atoms with van der Waals surface area (Å²) in [5.41, 5.74) is 6.66. The fraction of sp³-hybridized carbons (Fsp3) is 0.240. The molecule has 4 heterocycles. The minimum absolute atomic E-state index is 0.0185. The molecule has 2 aromatic carbocycles. The van der Waals surface area contributed by atoms with Crippen LogP contribution in [0.5, 0.6) is 0 Å². The fourth-order valence-corrected chi connectivity index (χ4v) is 5.29. The molecule has 0 radical (unpaired) electrons. The van der Waals surface area contributed by atoms with Crippen molar-refractivity contribution < 1.29 is 9.18 Å². The number of halogens is 2. The maximum absolute atomic E-state index is 14.3. The third-order valence-corrected chi connectivity index (χ3v) is 7.03. The first-order valence-corrected chi connectivity index (χ1v) is 12.1. The van der Waals surface area contributed by atoms with E-state index < -0.39 is 17.4 Å². The first kappa shape index (κ1) is 23.2. The Balaban J connectivity index is 1.60. The topological polar surface area (TPSA) is 122 Å². The molecule has 6 rings (SSSR count). The monoisotopic (exact) mass is 520 g/mol. The first-order valence-electron chi connectivity index (χ1n) is 11.7. The van der Waals surface area contributed by atoms with Gasteiger partial charge < -0.3 is 20.9 Å². The van der Waals surface area contributed by atoms with E-state index in [2.05, 4.69) is 15.3 Å². The second-order valence-electron chi connectivity index (χ2n) is 9.04. The van der Waals surface area contributed by atoms with E-state index in [1.165, 1.54) is 27.7 Å². The van der Waals surface area contributed by atoms with Crippen LogP contribution in [0.3, 0.4) is 0 Å². The number of carbonyl (C=O) groups excluding carboxylic acids is 1. The largest absolute Gasteiger partial charge is 0.368 e. The van der Waals surface area contributed by atoms with Gasteiger partial charge in [-0.25, -0.2) is 9.37 Å². The lowest BCUT2D eigenvalue weighted by Gasteiger charge is -2.32. The van der Waals surface area contributed by atoms with Crippen LogP contribution in [0.2, 0.25) is 5.02 Å². The van der Waals surface area contributed by atoms with Crippen LogP contribution < -0.4 is 21.5 Å². The molecule has 0 aliphatic carbocycles. The Hall–Kier alpha value is -4.25. The van der Waals surface area contributed by atoms with Crippen LogP contribution in [-0.4, -0.2) is 50.6 Å². The van der Waals surface area contributed by atoms with Crippen molar-refractivity contribution in [2.75, 3.05) is 36.2 Å². The molecule has 1 atom stereocenters. The number of nitrogen functional groups attached to an aromatic ring is 1. The van der Waals surface area contributed by atoms with Crippen molar-refractivity contribution in [3.8, 4) is 5.69 Å². The molecule has 3 N–H and O–H groups in total. The molecule has 188 valence electrons. The lowest BCUT2D eigenvalue weighted by molar-refractivity contribution is 0.0796. The molecule has 1 amide bonds. The van der Waals surface area contributed by atoms with Crippen LogP contribution in [0.25, 0.3) is 16.6 Å². The molecular weight excluding hydrogens is 499 g/mol. The highest BCUT2D eigenvalue weighted by Crippen LogP contribution is 2.40. The number of carbonyl (C=O) groups is 1. The van der Waals surface area contributed by atoms with Crippen LogP contribution in [0, 0.1) is 5.82 Å². The van der Waals surface area contributed by atoms with Gasteiger partial charge in [0.2, 0.25) is 5.95 Å². The molecule has 0 bridgehead atoms. The zero-order valence-electron chi connectivity index (χ0n) is 19.8. The number of nitrogens with one attached hydrogen (secondary N) is 1. The van der Waals surface area contributed by atoms with E-state index >= 15 is 0 Å². The van der Waals surface area contributed by atoms with Crippen molar-refractivity contribution in [1.82, 2.24) is 24.4 Å².